The fourth-order valence-corrected chi connectivity index (χ4v) is 2.33. The normalized spacial score (nSPS) is 18.1. The summed E-state index contributed by atoms with van der Waals surface area (Å²) in [6, 6.07) is 0. The average Bonchev–Trinajstić information content (AvgIpc) is 2.91. The number of nitrogens with zero attached hydrogens (tertiary/aromatic N) is 3. The molecular formula is C11H12ClF3N4O. The maximum atomic E-state index is 12.9. The van der Waals surface area contributed by atoms with Gasteiger partial charge in [0.15, 0.2) is 5.82 Å². The van der Waals surface area contributed by atoms with E-state index < -0.39 is 12.0 Å². The molecule has 0 saturated heterocycles. The van der Waals surface area contributed by atoms with Crippen LogP contribution in [0.1, 0.15) is 17.9 Å². The van der Waals surface area contributed by atoms with E-state index in [0.29, 0.717) is 12.2 Å². The van der Waals surface area contributed by atoms with E-state index in [-0.39, 0.29) is 43.6 Å². The number of hydrogen-bond donors (Lipinski definition) is 1. The van der Waals surface area contributed by atoms with Crippen LogP contribution in [-0.2, 0) is 24.1 Å². The lowest BCUT2D eigenvalue weighted by Crippen LogP contribution is -2.31. The zero-order valence-corrected chi connectivity index (χ0v) is 11.1. The maximum Gasteiger partial charge on any atom is 0.449 e. The molecule has 2 aliphatic heterocycles. The monoisotopic (exact) mass is 308 g/mol. The van der Waals surface area contributed by atoms with E-state index in [1.54, 1.807) is 6.08 Å². The van der Waals surface area contributed by atoms with Crippen LogP contribution in [0.25, 0.3) is 0 Å². The van der Waals surface area contributed by atoms with Gasteiger partial charge in [-0.1, -0.05) is 6.08 Å². The highest BCUT2D eigenvalue weighted by Gasteiger charge is 2.40. The molecule has 0 radical (unpaired) electrons. The number of imidazole rings is 1. The average molecular weight is 309 g/mol. The highest BCUT2D eigenvalue weighted by Crippen LogP contribution is 2.35. The van der Waals surface area contributed by atoms with Gasteiger partial charge in [0.1, 0.15) is 0 Å². The summed E-state index contributed by atoms with van der Waals surface area (Å²) in [5.74, 6) is -1.12. The molecule has 5 nitrogen and oxygen atoms in total. The quantitative estimate of drug-likeness (QED) is 0.859. The topological polar surface area (TPSA) is 50.2 Å². The van der Waals surface area contributed by atoms with E-state index in [9.17, 15) is 18.0 Å². The van der Waals surface area contributed by atoms with Crippen LogP contribution >= 0.6 is 12.4 Å². The molecule has 0 bridgehead atoms. The van der Waals surface area contributed by atoms with Crippen molar-refractivity contribution < 1.29 is 18.0 Å². The van der Waals surface area contributed by atoms with Gasteiger partial charge in [-0.3, -0.25) is 9.69 Å². The van der Waals surface area contributed by atoms with Gasteiger partial charge in [-0.05, 0) is 0 Å². The Labute approximate surface area is 118 Å². The SMILES string of the molecule is Cl.O=C1CC=CN1c1nc(C(F)(F)F)n2c1CNCC2. The van der Waals surface area contributed by atoms with E-state index in [1.807, 2.05) is 0 Å². The summed E-state index contributed by atoms with van der Waals surface area (Å²) in [5, 5.41) is 2.99. The fraction of sp³-hybridized carbons (Fsp3) is 0.455. The van der Waals surface area contributed by atoms with E-state index in [0.717, 1.165) is 4.57 Å². The Hall–Kier alpha value is -1.54. The highest BCUT2D eigenvalue weighted by atomic mass is 35.5. The molecule has 1 aromatic heterocycles. The van der Waals surface area contributed by atoms with Crippen molar-refractivity contribution in [2.45, 2.75) is 25.7 Å². The number of carbonyl (C=O) groups excluding carboxylic acids is 1. The molecule has 20 heavy (non-hydrogen) atoms. The van der Waals surface area contributed by atoms with Crippen LogP contribution in [0.15, 0.2) is 12.3 Å². The van der Waals surface area contributed by atoms with Gasteiger partial charge in [-0.15, -0.1) is 12.4 Å². The Balaban J connectivity index is 0.00000147. The summed E-state index contributed by atoms with van der Waals surface area (Å²) in [6.45, 7) is 0.925. The van der Waals surface area contributed by atoms with Gasteiger partial charge in [0.2, 0.25) is 11.7 Å². The van der Waals surface area contributed by atoms with Crippen molar-refractivity contribution in [2.75, 3.05) is 11.4 Å². The molecule has 0 fully saturated rings. The van der Waals surface area contributed by atoms with Crippen molar-refractivity contribution in [3.05, 3.63) is 23.8 Å². The smallest absolute Gasteiger partial charge is 0.320 e. The molecule has 1 aromatic rings. The van der Waals surface area contributed by atoms with Crippen molar-refractivity contribution in [1.29, 1.82) is 0 Å². The summed E-state index contributed by atoms with van der Waals surface area (Å²) in [4.78, 5) is 16.5. The van der Waals surface area contributed by atoms with Gasteiger partial charge in [0, 0.05) is 32.3 Å². The van der Waals surface area contributed by atoms with Crippen LogP contribution in [0.3, 0.4) is 0 Å². The zero-order valence-electron chi connectivity index (χ0n) is 10.3. The number of hydrogen-bond acceptors (Lipinski definition) is 3. The molecule has 0 atom stereocenters. The first-order valence-electron chi connectivity index (χ1n) is 5.84. The molecule has 0 unspecified atom stereocenters. The first-order valence-corrected chi connectivity index (χ1v) is 5.84. The molecule has 0 saturated carbocycles. The predicted octanol–water partition coefficient (Wildman–Crippen LogP) is 1.68. The van der Waals surface area contributed by atoms with Gasteiger partial charge < -0.3 is 9.88 Å². The Kier molecular flexibility index (Phi) is 3.79. The largest absolute Gasteiger partial charge is 0.449 e. The Morgan fingerprint density at radius 2 is 2.10 bits per heavy atom. The second-order valence-electron chi connectivity index (χ2n) is 4.38. The molecule has 0 aliphatic carbocycles. The number of alkyl halides is 3. The van der Waals surface area contributed by atoms with Crippen LogP contribution < -0.4 is 10.2 Å². The molecule has 3 rings (SSSR count). The minimum atomic E-state index is -4.52. The molecule has 9 heteroatoms. The lowest BCUT2D eigenvalue weighted by atomic mass is 10.3. The molecule has 0 aromatic carbocycles. The number of halogens is 4. The van der Waals surface area contributed by atoms with Crippen LogP contribution in [0.4, 0.5) is 19.0 Å². The highest BCUT2D eigenvalue weighted by molar-refractivity contribution is 5.98. The van der Waals surface area contributed by atoms with Crippen molar-refractivity contribution in [2.24, 2.45) is 0 Å². The molecule has 0 spiro atoms. The van der Waals surface area contributed by atoms with E-state index in [2.05, 4.69) is 10.3 Å². The molecule has 1 N–H and O–H groups in total. The molecule has 1 amide bonds. The van der Waals surface area contributed by atoms with Crippen LogP contribution in [0.2, 0.25) is 0 Å². The number of nitrogens with one attached hydrogen (secondary N) is 1. The Morgan fingerprint density at radius 1 is 1.35 bits per heavy atom. The molecule has 3 heterocycles. The van der Waals surface area contributed by atoms with Gasteiger partial charge in [0.05, 0.1) is 5.69 Å². The first kappa shape index (κ1) is 14.9. The summed E-state index contributed by atoms with van der Waals surface area (Å²) in [7, 11) is 0. The summed E-state index contributed by atoms with van der Waals surface area (Å²) in [5.41, 5.74) is 0.401. The Bertz CT molecular complexity index is 567. The van der Waals surface area contributed by atoms with Crippen molar-refractivity contribution in [3.8, 4) is 0 Å². The molecular weight excluding hydrogens is 297 g/mol. The number of amides is 1. The van der Waals surface area contributed by atoms with Crippen molar-refractivity contribution in [3.63, 3.8) is 0 Å². The summed E-state index contributed by atoms with van der Waals surface area (Å²) in [6.07, 6.45) is -1.24. The molecule has 2 aliphatic rings. The number of aromatic nitrogens is 2. The van der Waals surface area contributed by atoms with Gasteiger partial charge in [-0.25, -0.2) is 4.98 Å². The van der Waals surface area contributed by atoms with E-state index in [1.165, 1.54) is 11.1 Å². The second-order valence-corrected chi connectivity index (χ2v) is 4.38. The maximum absolute atomic E-state index is 12.9. The Morgan fingerprint density at radius 3 is 2.70 bits per heavy atom. The van der Waals surface area contributed by atoms with Crippen LogP contribution in [0.5, 0.6) is 0 Å². The third-order valence-electron chi connectivity index (χ3n) is 3.15. The van der Waals surface area contributed by atoms with Gasteiger partial charge in [-0.2, -0.15) is 13.2 Å². The van der Waals surface area contributed by atoms with Crippen LogP contribution in [0, 0.1) is 0 Å². The fourth-order valence-electron chi connectivity index (χ4n) is 2.33. The number of carbonyl (C=O) groups is 1. The standard InChI is InChI=1S/C11H11F3N4O.ClH/c12-11(13,14)10-16-9(18-4-1-2-8(18)19)7-6-15-3-5-17(7)10;/h1,4,15H,2-3,5-6H2;1H. The lowest BCUT2D eigenvalue weighted by molar-refractivity contribution is -0.147. The van der Waals surface area contributed by atoms with Crippen molar-refractivity contribution in [1.82, 2.24) is 14.9 Å². The zero-order chi connectivity index (χ0) is 13.6. The van der Waals surface area contributed by atoms with E-state index >= 15 is 0 Å². The van der Waals surface area contributed by atoms with Crippen LogP contribution in [-0.4, -0.2) is 22.0 Å². The predicted molar refractivity (Wildman–Crippen MR) is 67.4 cm³/mol. The summed E-state index contributed by atoms with van der Waals surface area (Å²) < 4.78 is 40.0. The van der Waals surface area contributed by atoms with E-state index in [4.69, 9.17) is 0 Å². The number of rotatable bonds is 1. The lowest BCUT2D eigenvalue weighted by Gasteiger charge is -2.20. The number of fused-ring (bicyclic) bond motifs is 1. The van der Waals surface area contributed by atoms with Crippen molar-refractivity contribution >= 4 is 24.1 Å². The van der Waals surface area contributed by atoms with Gasteiger partial charge in [0.25, 0.3) is 0 Å². The second kappa shape index (κ2) is 5.10. The third kappa shape index (κ3) is 2.29. The minimum absolute atomic E-state index is 0. The third-order valence-corrected chi connectivity index (χ3v) is 3.15. The number of anilines is 1. The first-order chi connectivity index (χ1) is 8.98. The molecule has 110 valence electrons. The summed E-state index contributed by atoms with van der Waals surface area (Å²) >= 11 is 0. The van der Waals surface area contributed by atoms with Gasteiger partial charge >= 0.3 is 6.18 Å². The minimum Gasteiger partial charge on any atom is -0.320 e.